The highest BCUT2D eigenvalue weighted by Gasteiger charge is 2.42. The van der Waals surface area contributed by atoms with Gasteiger partial charge in [-0.2, -0.15) is 0 Å². The number of aryl methyl sites for hydroxylation is 2. The van der Waals surface area contributed by atoms with Crippen LogP contribution in [-0.2, 0) is 4.79 Å². The number of carbonyl (C=O) groups excluding carboxylic acids is 2. The summed E-state index contributed by atoms with van der Waals surface area (Å²) < 4.78 is 13.5. The molecule has 4 rings (SSSR count). The van der Waals surface area contributed by atoms with E-state index < -0.39 is 6.04 Å². The lowest BCUT2D eigenvalue weighted by atomic mass is 10.1. The Hall–Kier alpha value is -3.12. The number of thioether (sulfide) groups is 1. The molecule has 0 aliphatic carbocycles. The largest absolute Gasteiger partial charge is 0.324 e. The summed E-state index contributed by atoms with van der Waals surface area (Å²) in [5.74, 6) is -0.334. The summed E-state index contributed by atoms with van der Waals surface area (Å²) >= 11 is 1.51. The van der Waals surface area contributed by atoms with E-state index in [4.69, 9.17) is 0 Å². The molecule has 1 heterocycles. The molecule has 0 saturated carbocycles. The third-order valence-corrected chi connectivity index (χ3v) is 6.63. The minimum atomic E-state index is -0.643. The molecule has 0 spiro atoms. The summed E-state index contributed by atoms with van der Waals surface area (Å²) in [4.78, 5) is 28.2. The fourth-order valence-electron chi connectivity index (χ4n) is 3.55. The second kappa shape index (κ2) is 8.94. The molecule has 4 nitrogen and oxygen atoms in total. The van der Waals surface area contributed by atoms with Crippen LogP contribution in [0.15, 0.2) is 72.8 Å². The smallest absolute Gasteiger partial charge is 0.255 e. The van der Waals surface area contributed by atoms with Crippen LogP contribution in [0.4, 0.5) is 10.1 Å². The summed E-state index contributed by atoms with van der Waals surface area (Å²) in [6.45, 7) is 3.94. The standard InChI is InChI=1S/C25H23FN2O2S/c1-16-3-7-18(8-4-16)24(30)28-22(23(29)27-21-13-5-17(2)6-14-21)15-31-25(28)19-9-11-20(26)12-10-19/h3-14,22,25H,15H2,1-2H3,(H,27,29). The van der Waals surface area contributed by atoms with Gasteiger partial charge in [-0.25, -0.2) is 4.39 Å². The number of amides is 2. The van der Waals surface area contributed by atoms with Crippen LogP contribution in [0.2, 0.25) is 0 Å². The van der Waals surface area contributed by atoms with Gasteiger partial charge >= 0.3 is 0 Å². The number of halogens is 1. The van der Waals surface area contributed by atoms with E-state index in [2.05, 4.69) is 5.32 Å². The third-order valence-electron chi connectivity index (χ3n) is 5.31. The van der Waals surface area contributed by atoms with Crippen LogP contribution < -0.4 is 5.32 Å². The van der Waals surface area contributed by atoms with E-state index in [1.165, 1.54) is 23.9 Å². The molecular formula is C25H23FN2O2S. The van der Waals surface area contributed by atoms with Crippen molar-refractivity contribution in [1.29, 1.82) is 0 Å². The number of hydrogen-bond donors (Lipinski definition) is 1. The molecule has 2 atom stereocenters. The quantitative estimate of drug-likeness (QED) is 0.603. The molecule has 31 heavy (non-hydrogen) atoms. The van der Waals surface area contributed by atoms with Crippen molar-refractivity contribution < 1.29 is 14.0 Å². The molecule has 1 saturated heterocycles. The molecule has 158 valence electrons. The van der Waals surface area contributed by atoms with Crippen molar-refractivity contribution in [2.45, 2.75) is 25.3 Å². The van der Waals surface area contributed by atoms with Gasteiger partial charge in [0.15, 0.2) is 0 Å². The maximum atomic E-state index is 13.5. The molecule has 1 N–H and O–H groups in total. The predicted molar refractivity (Wildman–Crippen MR) is 123 cm³/mol. The number of nitrogens with one attached hydrogen (secondary N) is 1. The van der Waals surface area contributed by atoms with Crippen molar-refractivity contribution in [2.75, 3.05) is 11.1 Å². The van der Waals surface area contributed by atoms with E-state index in [1.807, 2.05) is 50.2 Å². The minimum Gasteiger partial charge on any atom is -0.324 e. The monoisotopic (exact) mass is 434 g/mol. The van der Waals surface area contributed by atoms with Crippen LogP contribution in [0.5, 0.6) is 0 Å². The molecule has 0 bridgehead atoms. The fraction of sp³-hybridized carbons (Fsp3) is 0.200. The lowest BCUT2D eigenvalue weighted by Crippen LogP contribution is -2.45. The average Bonchev–Trinajstić information content (AvgIpc) is 3.21. The zero-order valence-electron chi connectivity index (χ0n) is 17.3. The Morgan fingerprint density at radius 2 is 1.48 bits per heavy atom. The van der Waals surface area contributed by atoms with Crippen molar-refractivity contribution in [2.24, 2.45) is 0 Å². The zero-order valence-corrected chi connectivity index (χ0v) is 18.2. The Labute approximate surface area is 185 Å². The summed E-state index contributed by atoms with van der Waals surface area (Å²) in [5.41, 5.74) is 4.15. The molecule has 0 radical (unpaired) electrons. The van der Waals surface area contributed by atoms with Crippen molar-refractivity contribution in [3.8, 4) is 0 Å². The number of benzene rings is 3. The van der Waals surface area contributed by atoms with E-state index in [0.29, 0.717) is 17.0 Å². The first-order chi connectivity index (χ1) is 14.9. The van der Waals surface area contributed by atoms with Crippen LogP contribution >= 0.6 is 11.8 Å². The highest BCUT2D eigenvalue weighted by atomic mass is 32.2. The SMILES string of the molecule is Cc1ccc(NC(=O)C2CSC(c3ccc(F)cc3)N2C(=O)c2ccc(C)cc2)cc1. The van der Waals surface area contributed by atoms with Gasteiger partial charge in [0, 0.05) is 17.0 Å². The van der Waals surface area contributed by atoms with E-state index in [9.17, 15) is 14.0 Å². The van der Waals surface area contributed by atoms with E-state index in [-0.39, 0.29) is 23.0 Å². The van der Waals surface area contributed by atoms with Crippen LogP contribution in [0.3, 0.4) is 0 Å². The van der Waals surface area contributed by atoms with E-state index in [0.717, 1.165) is 16.7 Å². The molecule has 3 aromatic rings. The summed E-state index contributed by atoms with van der Waals surface area (Å²) in [6, 6.07) is 20.3. The van der Waals surface area contributed by atoms with Gasteiger partial charge in [0.1, 0.15) is 17.2 Å². The average molecular weight is 435 g/mol. The molecule has 2 unspecified atom stereocenters. The van der Waals surface area contributed by atoms with Gasteiger partial charge < -0.3 is 10.2 Å². The molecule has 0 aromatic heterocycles. The number of hydrogen-bond acceptors (Lipinski definition) is 3. The highest BCUT2D eigenvalue weighted by molar-refractivity contribution is 7.99. The molecule has 3 aromatic carbocycles. The van der Waals surface area contributed by atoms with Gasteiger partial charge in [-0.1, -0.05) is 47.5 Å². The van der Waals surface area contributed by atoms with Crippen LogP contribution in [0.1, 0.15) is 32.4 Å². The maximum absolute atomic E-state index is 13.5. The third kappa shape index (κ3) is 4.64. The van der Waals surface area contributed by atoms with Crippen LogP contribution in [0.25, 0.3) is 0 Å². The normalized spacial score (nSPS) is 18.1. The topological polar surface area (TPSA) is 49.4 Å². The van der Waals surface area contributed by atoms with Gasteiger partial charge in [-0.3, -0.25) is 9.59 Å². The second-order valence-electron chi connectivity index (χ2n) is 7.69. The Bertz CT molecular complexity index is 1080. The first kappa shape index (κ1) is 21.1. The van der Waals surface area contributed by atoms with E-state index in [1.54, 1.807) is 29.2 Å². The first-order valence-electron chi connectivity index (χ1n) is 10.1. The lowest BCUT2D eigenvalue weighted by Gasteiger charge is -2.29. The van der Waals surface area contributed by atoms with E-state index >= 15 is 0 Å². The van der Waals surface area contributed by atoms with Crippen LogP contribution in [0, 0.1) is 19.7 Å². The Kier molecular flexibility index (Phi) is 6.09. The first-order valence-corrected chi connectivity index (χ1v) is 11.1. The summed E-state index contributed by atoms with van der Waals surface area (Å²) in [7, 11) is 0. The zero-order chi connectivity index (χ0) is 22.0. The number of carbonyl (C=O) groups is 2. The van der Waals surface area contributed by atoms with Gasteiger partial charge in [-0.05, 0) is 55.8 Å². The Morgan fingerprint density at radius 3 is 2.10 bits per heavy atom. The Morgan fingerprint density at radius 1 is 0.903 bits per heavy atom. The van der Waals surface area contributed by atoms with Gasteiger partial charge in [0.25, 0.3) is 5.91 Å². The van der Waals surface area contributed by atoms with Gasteiger partial charge in [0.05, 0.1) is 0 Å². The molecular weight excluding hydrogens is 411 g/mol. The summed E-state index contributed by atoms with van der Waals surface area (Å²) in [5, 5.41) is 2.56. The number of rotatable bonds is 4. The number of nitrogens with zero attached hydrogens (tertiary/aromatic N) is 1. The second-order valence-corrected chi connectivity index (χ2v) is 8.80. The fourth-order valence-corrected chi connectivity index (χ4v) is 4.98. The summed E-state index contributed by atoms with van der Waals surface area (Å²) in [6.07, 6.45) is 0. The minimum absolute atomic E-state index is 0.219. The van der Waals surface area contributed by atoms with Crippen molar-refractivity contribution in [1.82, 2.24) is 4.90 Å². The van der Waals surface area contributed by atoms with Gasteiger partial charge in [0.2, 0.25) is 5.91 Å². The maximum Gasteiger partial charge on any atom is 0.255 e. The Balaban J connectivity index is 1.65. The molecule has 6 heteroatoms. The van der Waals surface area contributed by atoms with Crippen molar-refractivity contribution >= 4 is 29.3 Å². The number of anilines is 1. The van der Waals surface area contributed by atoms with Gasteiger partial charge in [-0.15, -0.1) is 11.8 Å². The van der Waals surface area contributed by atoms with Crippen molar-refractivity contribution in [3.05, 3.63) is 101 Å². The van der Waals surface area contributed by atoms with Crippen LogP contribution in [-0.4, -0.2) is 28.5 Å². The lowest BCUT2D eigenvalue weighted by molar-refractivity contribution is -0.119. The molecule has 1 aliphatic heterocycles. The molecule has 1 aliphatic rings. The van der Waals surface area contributed by atoms with Crippen molar-refractivity contribution in [3.63, 3.8) is 0 Å². The molecule has 2 amide bonds. The highest BCUT2D eigenvalue weighted by Crippen LogP contribution is 2.42. The molecule has 1 fully saturated rings. The predicted octanol–water partition coefficient (Wildman–Crippen LogP) is 5.34.